The molecule has 1 atom stereocenters. The molecule has 2 heterocycles. The zero-order valence-corrected chi connectivity index (χ0v) is 14.5. The minimum Gasteiger partial charge on any atom is -0.396 e. The predicted octanol–water partition coefficient (Wildman–Crippen LogP) is 3.25. The third-order valence-corrected chi connectivity index (χ3v) is 5.77. The fourth-order valence-corrected chi connectivity index (χ4v) is 4.39. The Morgan fingerprint density at radius 2 is 2.21 bits per heavy atom. The lowest BCUT2D eigenvalue weighted by Crippen LogP contribution is -2.47. The van der Waals surface area contributed by atoms with E-state index < -0.39 is 0 Å². The lowest BCUT2D eigenvalue weighted by atomic mass is 9.77. The molecule has 5 heteroatoms. The number of aliphatic hydroxyl groups is 1. The first-order valence-electron chi connectivity index (χ1n) is 9.23. The van der Waals surface area contributed by atoms with Crippen LogP contribution in [0.25, 0.3) is 0 Å². The van der Waals surface area contributed by atoms with E-state index in [4.69, 9.17) is 0 Å². The molecule has 132 valence electrons. The van der Waals surface area contributed by atoms with Crippen LogP contribution in [0.1, 0.15) is 73.3 Å². The Labute approximate surface area is 144 Å². The number of carbonyl (C=O) groups is 1. The molecule has 3 rings (SSSR count). The van der Waals surface area contributed by atoms with Gasteiger partial charge in [-0.25, -0.2) is 0 Å². The molecule has 2 aliphatic rings. The van der Waals surface area contributed by atoms with Gasteiger partial charge in [-0.1, -0.05) is 25.3 Å². The van der Waals surface area contributed by atoms with Crippen molar-refractivity contribution in [2.75, 3.05) is 19.7 Å². The number of carbonyl (C=O) groups excluding carboxylic acids is 1. The Hall–Kier alpha value is -1.62. The topological polar surface area (TPSA) is 69.2 Å². The minimum absolute atomic E-state index is 0.0610. The van der Waals surface area contributed by atoms with Crippen molar-refractivity contribution in [2.45, 2.75) is 57.3 Å². The number of nitrogens with zero attached hydrogens (tertiary/aromatic N) is 2. The molecule has 0 bridgehead atoms. The van der Waals surface area contributed by atoms with E-state index in [1.807, 2.05) is 11.0 Å². The third-order valence-electron chi connectivity index (χ3n) is 5.77. The fourth-order valence-electron chi connectivity index (χ4n) is 4.39. The highest BCUT2D eigenvalue weighted by molar-refractivity contribution is 5.95. The molecule has 1 unspecified atom stereocenters. The van der Waals surface area contributed by atoms with E-state index in [1.54, 1.807) is 6.20 Å². The molecule has 5 nitrogen and oxygen atoms in total. The lowest BCUT2D eigenvalue weighted by molar-refractivity contribution is 0.0284. The van der Waals surface area contributed by atoms with Crippen LogP contribution in [0, 0.1) is 5.41 Å². The Bertz CT molecular complexity index is 577. The monoisotopic (exact) mass is 331 g/mol. The molecule has 1 aliphatic heterocycles. The number of nitrogens with one attached hydrogen (secondary N) is 1. The van der Waals surface area contributed by atoms with Crippen molar-refractivity contribution in [3.8, 4) is 0 Å². The summed E-state index contributed by atoms with van der Waals surface area (Å²) in [6, 6.07) is 0. The van der Waals surface area contributed by atoms with Crippen LogP contribution in [0.5, 0.6) is 0 Å². The summed E-state index contributed by atoms with van der Waals surface area (Å²) in [5.41, 5.74) is 1.52. The summed E-state index contributed by atoms with van der Waals surface area (Å²) in [7, 11) is 0. The predicted molar refractivity (Wildman–Crippen MR) is 93.9 cm³/mol. The van der Waals surface area contributed by atoms with Crippen LogP contribution < -0.4 is 0 Å². The van der Waals surface area contributed by atoms with Crippen molar-refractivity contribution in [3.63, 3.8) is 0 Å². The lowest BCUT2D eigenvalue weighted by Gasteiger charge is -2.41. The Morgan fingerprint density at radius 1 is 1.42 bits per heavy atom. The van der Waals surface area contributed by atoms with Crippen molar-refractivity contribution in [1.82, 2.24) is 15.1 Å². The number of hydrogen-bond donors (Lipinski definition) is 2. The zero-order valence-electron chi connectivity index (χ0n) is 14.5. The number of aromatic nitrogens is 2. The number of piperidine rings is 1. The van der Waals surface area contributed by atoms with Crippen molar-refractivity contribution in [2.24, 2.45) is 5.41 Å². The van der Waals surface area contributed by atoms with Gasteiger partial charge in [0.1, 0.15) is 0 Å². The van der Waals surface area contributed by atoms with Crippen LogP contribution >= 0.6 is 0 Å². The van der Waals surface area contributed by atoms with Crippen molar-refractivity contribution in [1.29, 1.82) is 0 Å². The third kappa shape index (κ3) is 3.41. The van der Waals surface area contributed by atoms with E-state index in [0.717, 1.165) is 49.9 Å². The van der Waals surface area contributed by atoms with E-state index in [1.165, 1.54) is 19.3 Å². The summed E-state index contributed by atoms with van der Waals surface area (Å²) in [5.74, 6) is 0.492. The normalized spacial score (nSPS) is 25.6. The molecular formula is C19H29N3O2. The second-order valence-electron chi connectivity index (χ2n) is 7.51. The van der Waals surface area contributed by atoms with Crippen molar-refractivity contribution >= 4 is 5.91 Å². The van der Waals surface area contributed by atoms with Gasteiger partial charge >= 0.3 is 0 Å². The molecule has 1 aromatic heterocycles. The average Bonchev–Trinajstić information content (AvgIpc) is 3.12. The van der Waals surface area contributed by atoms with Crippen LogP contribution in [0.4, 0.5) is 0 Å². The summed E-state index contributed by atoms with van der Waals surface area (Å²) >= 11 is 0. The van der Waals surface area contributed by atoms with Gasteiger partial charge in [0, 0.05) is 24.4 Å². The van der Waals surface area contributed by atoms with Gasteiger partial charge in [-0.15, -0.1) is 6.58 Å². The van der Waals surface area contributed by atoms with Gasteiger partial charge in [0.15, 0.2) is 0 Å². The second kappa shape index (κ2) is 7.51. The van der Waals surface area contributed by atoms with Crippen LogP contribution in [0.3, 0.4) is 0 Å². The van der Waals surface area contributed by atoms with E-state index in [9.17, 15) is 9.90 Å². The molecule has 0 aromatic carbocycles. The maximum atomic E-state index is 13.1. The second-order valence-corrected chi connectivity index (χ2v) is 7.51. The highest BCUT2D eigenvalue weighted by Crippen LogP contribution is 2.36. The number of H-pyrrole nitrogens is 1. The van der Waals surface area contributed by atoms with Crippen LogP contribution in [0.2, 0.25) is 0 Å². The van der Waals surface area contributed by atoms with Crippen LogP contribution in [-0.4, -0.2) is 45.8 Å². The van der Waals surface area contributed by atoms with E-state index in [2.05, 4.69) is 16.8 Å². The first-order chi connectivity index (χ1) is 11.7. The Morgan fingerprint density at radius 3 is 2.92 bits per heavy atom. The quantitative estimate of drug-likeness (QED) is 0.814. The molecular weight excluding hydrogens is 302 g/mol. The molecule has 1 amide bonds. The molecule has 1 saturated carbocycles. The molecule has 1 saturated heterocycles. The van der Waals surface area contributed by atoms with Gasteiger partial charge in [-0.05, 0) is 32.1 Å². The van der Waals surface area contributed by atoms with Gasteiger partial charge in [-0.3, -0.25) is 9.89 Å². The Balaban J connectivity index is 1.77. The standard InChI is InChI=1S/C19H29N3O2/c1-2-9-19(14-23)10-6-11-22(13-19)18(24)16-12-20-21-17(16)15-7-4-3-5-8-15/h2,12,15,23H,1,3-11,13-14H2,(H,20,21). The summed E-state index contributed by atoms with van der Waals surface area (Å²) in [5, 5.41) is 17.1. The molecule has 24 heavy (non-hydrogen) atoms. The average molecular weight is 331 g/mol. The first-order valence-corrected chi connectivity index (χ1v) is 9.23. The number of amides is 1. The number of allylic oxidation sites excluding steroid dienone is 1. The van der Waals surface area contributed by atoms with Gasteiger partial charge in [-0.2, -0.15) is 5.10 Å². The summed E-state index contributed by atoms with van der Waals surface area (Å²) in [6.07, 6.45) is 12.2. The SMILES string of the molecule is C=CCC1(CO)CCCN(C(=O)c2cn[nH]c2C2CCCCC2)C1. The molecule has 0 radical (unpaired) electrons. The van der Waals surface area contributed by atoms with Gasteiger partial charge in [0.2, 0.25) is 0 Å². The first kappa shape index (κ1) is 17.2. The zero-order chi connectivity index (χ0) is 17.0. The van der Waals surface area contributed by atoms with Crippen LogP contribution in [-0.2, 0) is 0 Å². The summed E-state index contributed by atoms with van der Waals surface area (Å²) < 4.78 is 0. The van der Waals surface area contributed by atoms with E-state index in [0.29, 0.717) is 12.5 Å². The molecule has 2 fully saturated rings. The van der Waals surface area contributed by atoms with Gasteiger partial charge in [0.25, 0.3) is 5.91 Å². The minimum atomic E-state index is -0.232. The number of likely N-dealkylation sites (tertiary alicyclic amines) is 1. The maximum Gasteiger partial charge on any atom is 0.257 e. The number of aromatic amines is 1. The summed E-state index contributed by atoms with van der Waals surface area (Å²) in [4.78, 5) is 15.0. The van der Waals surface area contributed by atoms with Crippen molar-refractivity contribution < 1.29 is 9.90 Å². The van der Waals surface area contributed by atoms with Crippen molar-refractivity contribution in [3.05, 3.63) is 30.1 Å². The summed E-state index contributed by atoms with van der Waals surface area (Å²) in [6.45, 7) is 5.27. The number of rotatable bonds is 5. The molecule has 1 aromatic rings. The largest absolute Gasteiger partial charge is 0.396 e. The smallest absolute Gasteiger partial charge is 0.257 e. The number of aliphatic hydroxyl groups excluding tert-OH is 1. The van der Waals surface area contributed by atoms with Crippen LogP contribution in [0.15, 0.2) is 18.9 Å². The van der Waals surface area contributed by atoms with E-state index in [-0.39, 0.29) is 17.9 Å². The molecule has 0 spiro atoms. The number of hydrogen-bond acceptors (Lipinski definition) is 3. The molecule has 1 aliphatic carbocycles. The van der Waals surface area contributed by atoms with Gasteiger partial charge in [0.05, 0.1) is 24.1 Å². The maximum absolute atomic E-state index is 13.1. The molecule has 2 N–H and O–H groups in total. The highest BCUT2D eigenvalue weighted by Gasteiger charge is 2.37. The Kier molecular flexibility index (Phi) is 5.39. The highest BCUT2D eigenvalue weighted by atomic mass is 16.3. The van der Waals surface area contributed by atoms with E-state index >= 15 is 0 Å². The van der Waals surface area contributed by atoms with Gasteiger partial charge < -0.3 is 10.0 Å². The fraction of sp³-hybridized carbons (Fsp3) is 0.684.